The number of phenols is 1. The smallest absolute Gasteiger partial charge is 0.507 e. The average Bonchev–Trinajstić information content (AvgIpc) is 1.00. The molecule has 29 nitrogen and oxygen atoms in total. The molecule has 11 rings (SSSR count). The van der Waals surface area contributed by atoms with Crippen LogP contribution in [-0.2, 0) is 52.6 Å². The molecule has 121 heavy (non-hydrogen) atoms. The van der Waals surface area contributed by atoms with Gasteiger partial charge < -0.3 is 73.0 Å². The molecule has 6 heterocycles. The van der Waals surface area contributed by atoms with Crippen LogP contribution < -0.4 is 24.0 Å². The van der Waals surface area contributed by atoms with Crippen LogP contribution >= 0.6 is 12.2 Å². The van der Waals surface area contributed by atoms with Crippen LogP contribution in [0.3, 0.4) is 0 Å². The number of nitrogens with zero attached hydrogens (tertiary/aromatic N) is 5. The molecule has 4 fully saturated rings. The maximum Gasteiger partial charge on any atom is 0.550 e. The number of piperidine rings is 3. The number of carbonyl (C=O) groups excluding carboxylic acids is 7. The summed E-state index contributed by atoms with van der Waals surface area (Å²) >= 11 is -0.782. The van der Waals surface area contributed by atoms with Crippen LogP contribution in [0.5, 0.6) is 17.2 Å². The molecule has 4 amide bonds. The van der Waals surface area contributed by atoms with Crippen LogP contribution in [0.4, 0.5) is 59.6 Å². The monoisotopic (exact) mass is 1780 g/mol. The summed E-state index contributed by atoms with van der Waals surface area (Å²) in [5.74, 6) is 0.394. The molecular formula is C79H104BF9N6O23S3. The predicted molar refractivity (Wildman–Crippen MR) is 430 cm³/mol. The standard InChI is InChI=1S/C19H22F3NO6S.C18H23NO4.C11H16BNO3.C10H17NO3.C8H5F6NO4S2.C8H8O2.C4H9N.CH4O/c1-17(2,3)28-16(24)23-10-6-9-18(12-23)11-15(29-30(25,26)19(20,21)22)13-7-4-5-8-14(13)27-18;1-17(2,3)23-16(21)19-10-6-9-18(12-19)11-14(20)13-7-4-5-8-15(13)22-18;1-3-13(4-2)11(14)9-5-7-10(8-6-9)12(15)16;1-10(2,3)14-9(13)11-6-4-5-8(12)7-11;9-7(10,11)18-19-20-15(6-4-2-1-3-5-6)21(16,17)8(12,13)14;1-6(9)7-4-2-3-5-8(7)10;1-2-4-5-3-1;1-2/h4-5,7-8,11H,6,9-10,12H2,1-3H3;4-5,7-8H,6,9-12H2,1-3H3;5-8,15-16H,3-4H2,1-2H3;4-7H2,1-3H3;1-5H;2-5,10H,1H3;5H,1-4H2;2H,1H3. The minimum absolute atomic E-state index is 0.0326. The van der Waals surface area contributed by atoms with Crippen LogP contribution in [0.15, 0.2) is 133 Å². The molecule has 672 valence electrons. The fraction of sp³-hybridized carbons (Fsp3) is 0.506. The van der Waals surface area contributed by atoms with E-state index in [1.165, 1.54) is 91.2 Å². The van der Waals surface area contributed by atoms with Crippen molar-refractivity contribution in [2.45, 2.75) is 186 Å². The Hall–Kier alpha value is -9.43. The first-order valence-corrected chi connectivity index (χ1v) is 41.4. The van der Waals surface area contributed by atoms with Gasteiger partial charge in [-0.25, -0.2) is 14.4 Å². The van der Waals surface area contributed by atoms with Crippen molar-refractivity contribution in [3.05, 3.63) is 156 Å². The number of alkyl halides is 9. The molecule has 0 aromatic heterocycles. The first-order valence-electron chi connectivity index (χ1n) is 37.9. The summed E-state index contributed by atoms with van der Waals surface area (Å²) in [4.78, 5) is 91.5. The Labute approximate surface area is 702 Å². The molecule has 5 aromatic carbocycles. The van der Waals surface area contributed by atoms with Gasteiger partial charge >= 0.3 is 62.9 Å². The van der Waals surface area contributed by atoms with E-state index in [1.54, 1.807) is 85.2 Å². The lowest BCUT2D eigenvalue weighted by atomic mass is 9.80. The number of sulfonamides is 1. The summed E-state index contributed by atoms with van der Waals surface area (Å²) < 4.78 is 192. The molecule has 0 saturated carbocycles. The fourth-order valence-electron chi connectivity index (χ4n) is 11.7. The van der Waals surface area contributed by atoms with Gasteiger partial charge in [0.2, 0.25) is 0 Å². The van der Waals surface area contributed by atoms with Crippen molar-refractivity contribution in [3.63, 3.8) is 0 Å². The minimum atomic E-state index is -5.99. The maximum atomic E-state index is 12.9. The lowest BCUT2D eigenvalue weighted by molar-refractivity contribution is -0.440. The number of Topliss-reactive ketones (excluding diaryl/α,β-unsaturated/α-hetero) is 3. The van der Waals surface area contributed by atoms with Crippen molar-refractivity contribution in [2.75, 3.05) is 76.3 Å². The van der Waals surface area contributed by atoms with Crippen molar-refractivity contribution in [2.24, 2.45) is 0 Å². The highest BCUT2D eigenvalue weighted by Gasteiger charge is 2.53. The second kappa shape index (κ2) is 45.6. The third kappa shape index (κ3) is 34.1. The zero-order valence-electron chi connectivity index (χ0n) is 69.1. The molecule has 0 bridgehead atoms. The molecule has 2 unspecified atom stereocenters. The fourth-order valence-corrected chi connectivity index (χ4v) is 13.8. The predicted octanol–water partition coefficient (Wildman–Crippen LogP) is 13.9. The summed E-state index contributed by atoms with van der Waals surface area (Å²) in [5.41, 5.74) is -13.5. The number of fused-ring (bicyclic) bond motifs is 2. The number of rotatable bonds is 12. The average molecular weight is 1780 g/mol. The highest BCUT2D eigenvalue weighted by Crippen LogP contribution is 2.44. The second-order valence-electron chi connectivity index (χ2n) is 30.3. The Morgan fingerprint density at radius 1 is 0.595 bits per heavy atom. The number of carbonyl (C=O) groups is 7. The van der Waals surface area contributed by atoms with Gasteiger partial charge in [0.15, 0.2) is 35.3 Å². The van der Waals surface area contributed by atoms with E-state index < -0.39 is 106 Å². The maximum absolute atomic E-state index is 12.9. The Morgan fingerprint density at radius 3 is 1.54 bits per heavy atom. The van der Waals surface area contributed by atoms with Crippen molar-refractivity contribution in [1.29, 1.82) is 0 Å². The van der Waals surface area contributed by atoms with Crippen molar-refractivity contribution in [1.82, 2.24) is 24.9 Å². The van der Waals surface area contributed by atoms with E-state index in [0.717, 1.165) is 38.5 Å². The van der Waals surface area contributed by atoms with E-state index in [0.29, 0.717) is 92.9 Å². The third-order valence-electron chi connectivity index (χ3n) is 17.0. The van der Waals surface area contributed by atoms with E-state index in [1.807, 2.05) is 73.6 Å². The van der Waals surface area contributed by atoms with Crippen LogP contribution in [0.25, 0.3) is 5.76 Å². The normalized spacial score (nSPS) is 17.6. The number of anilines is 1. The summed E-state index contributed by atoms with van der Waals surface area (Å²) in [6.07, 6.45) is 1.38. The molecule has 2 atom stereocenters. The topological polar surface area (TPSA) is 371 Å². The Bertz CT molecular complexity index is 4480. The molecule has 4 saturated heterocycles. The van der Waals surface area contributed by atoms with Crippen molar-refractivity contribution >= 4 is 97.9 Å². The number of likely N-dealkylation sites (tertiary alicyclic amines) is 3. The Morgan fingerprint density at radius 2 is 1.07 bits per heavy atom. The molecule has 2 spiro atoms. The summed E-state index contributed by atoms with van der Waals surface area (Å²) in [6, 6.07) is 31.7. The van der Waals surface area contributed by atoms with E-state index in [-0.39, 0.29) is 65.6 Å². The number of nitrogens with one attached hydrogen (secondary N) is 1. The van der Waals surface area contributed by atoms with Crippen LogP contribution in [0.2, 0.25) is 0 Å². The summed E-state index contributed by atoms with van der Waals surface area (Å²) in [5, 5.41) is 37.1. The number of aliphatic hydroxyl groups is 1. The second-order valence-corrected chi connectivity index (χ2v) is 34.5. The van der Waals surface area contributed by atoms with E-state index >= 15 is 0 Å². The number of phenolic OH excluding ortho intramolecular Hbond substituents is 1. The van der Waals surface area contributed by atoms with Crippen LogP contribution in [-0.4, -0.2) is 223 Å². The number of ketones is 3. The number of ether oxygens (including phenoxy) is 5. The van der Waals surface area contributed by atoms with Crippen LogP contribution in [0.1, 0.15) is 178 Å². The molecule has 0 radical (unpaired) electrons. The number of benzene rings is 5. The number of halogens is 9. The van der Waals surface area contributed by atoms with Crippen LogP contribution in [0, 0.1) is 0 Å². The number of amides is 4. The Kier molecular flexibility index (Phi) is 39.2. The lowest BCUT2D eigenvalue weighted by Crippen LogP contribution is -2.56. The van der Waals surface area contributed by atoms with Gasteiger partial charge in [0.1, 0.15) is 45.3 Å². The SMILES string of the molecule is C1CCNC1.CC(=O)c1ccccc1O.CC(C)(C)OC(=O)N1CCCC(=O)C1.CC(C)(C)OC(=O)N1CCCC2(C=C(OS(=O)(=O)C(F)(F)F)c3ccccc3O2)C1.CC(C)(C)OC(=O)N1CCCC2(CC(=O)c3ccccc3O2)C1.CCN(CC)C(=O)c1ccc(B(O)O)cc1.CO.O=S(=O)(N(SOOC(F)(F)F)c1ccccc1)C(F)(F)F. The first kappa shape index (κ1) is 104. The first-order chi connectivity index (χ1) is 56.1. The van der Waals surface area contributed by atoms with Gasteiger partial charge in [0, 0.05) is 57.9 Å². The molecule has 5 N–H and O–H groups in total. The highest BCUT2D eigenvalue weighted by molar-refractivity contribution is 8.12. The van der Waals surface area contributed by atoms with E-state index in [2.05, 4.69) is 18.7 Å². The lowest BCUT2D eigenvalue weighted by Gasteiger charge is -2.44. The largest absolute Gasteiger partial charge is 0.550 e. The summed E-state index contributed by atoms with van der Waals surface area (Å²) in [7, 11) is -12.4. The zero-order chi connectivity index (χ0) is 91.3. The number of para-hydroxylation sites is 4. The molecule has 6 aliphatic rings. The van der Waals surface area contributed by atoms with Gasteiger partial charge in [-0.15, -0.1) is 22.4 Å². The zero-order valence-corrected chi connectivity index (χ0v) is 71.6. The highest BCUT2D eigenvalue weighted by atomic mass is 32.3. The van der Waals surface area contributed by atoms with Gasteiger partial charge in [-0.3, -0.25) is 19.2 Å². The number of hydrogen-bond acceptors (Lipinski definition) is 25. The minimum Gasteiger partial charge on any atom is -0.507 e. The number of aliphatic hydroxyl groups excluding tert-OH is 1. The molecule has 5 aromatic rings. The van der Waals surface area contributed by atoms with Gasteiger partial charge in [0.05, 0.1) is 48.4 Å². The van der Waals surface area contributed by atoms with E-state index in [4.69, 9.17) is 43.9 Å². The number of aromatic hydroxyl groups is 1. The number of hydrogen-bond donors (Lipinski definition) is 5. The van der Waals surface area contributed by atoms with Crippen molar-refractivity contribution in [3.8, 4) is 17.2 Å². The van der Waals surface area contributed by atoms with Gasteiger partial charge in [0.25, 0.3) is 5.91 Å². The van der Waals surface area contributed by atoms with Gasteiger partial charge in [-0.05, 0) is 207 Å². The Balaban J connectivity index is 0.000000308. The van der Waals surface area contributed by atoms with Crippen molar-refractivity contribution < 1.29 is 147 Å². The third-order valence-corrected chi connectivity index (χ3v) is 20.5. The molecule has 0 aliphatic carbocycles. The van der Waals surface area contributed by atoms with Gasteiger partial charge in [-0.1, -0.05) is 66.7 Å². The quantitative estimate of drug-likeness (QED) is 0.00740. The molecule has 42 heteroatoms. The summed E-state index contributed by atoms with van der Waals surface area (Å²) in [6.45, 7) is 27.4. The van der Waals surface area contributed by atoms with E-state index in [9.17, 15) is 89.9 Å². The van der Waals surface area contributed by atoms with Gasteiger partial charge in [-0.2, -0.15) is 46.9 Å². The molecule has 6 aliphatic heterocycles. The molecular weight excluding hydrogens is 1680 g/mol.